The van der Waals surface area contributed by atoms with Crippen LogP contribution >= 0.6 is 0 Å². The number of carbonyl (C=O) groups excluding carboxylic acids is 1. The Morgan fingerprint density at radius 1 is 1.53 bits per heavy atom. The predicted octanol–water partition coefficient (Wildman–Crippen LogP) is 1.82. The maximum absolute atomic E-state index is 11.9. The van der Waals surface area contributed by atoms with Crippen LogP contribution in [0.5, 0.6) is 5.75 Å². The van der Waals surface area contributed by atoms with Gasteiger partial charge in [0.2, 0.25) is 5.79 Å². The number of hydrogen-bond donors (Lipinski definition) is 1. The summed E-state index contributed by atoms with van der Waals surface area (Å²) in [6.07, 6.45) is 0.286. The average Bonchev–Trinajstić information content (AvgIpc) is 3.02. The summed E-state index contributed by atoms with van der Waals surface area (Å²) in [7, 11) is 0. The number of aliphatic hydroxyl groups excluding tert-OH is 1. The highest BCUT2D eigenvalue weighted by Crippen LogP contribution is 2.38. The Balaban J connectivity index is 2.04. The highest BCUT2D eigenvalue weighted by molar-refractivity contribution is 6.01. The van der Waals surface area contributed by atoms with Gasteiger partial charge >= 0.3 is 0 Å². The molecule has 0 spiro atoms. The van der Waals surface area contributed by atoms with E-state index < -0.39 is 11.9 Å². The fourth-order valence-electron chi connectivity index (χ4n) is 2.15. The second kappa shape index (κ2) is 3.55. The fraction of sp³-hybridized carbons (Fsp3) is 0.462. The van der Waals surface area contributed by atoms with Gasteiger partial charge in [0, 0.05) is 13.3 Å². The molecule has 0 radical (unpaired) electrons. The maximum atomic E-state index is 11.9. The van der Waals surface area contributed by atoms with E-state index in [2.05, 4.69) is 0 Å². The molecule has 0 amide bonds. The van der Waals surface area contributed by atoms with E-state index in [1.807, 2.05) is 6.92 Å². The van der Waals surface area contributed by atoms with E-state index in [0.717, 1.165) is 0 Å². The molecule has 1 aliphatic heterocycles. The Morgan fingerprint density at radius 3 is 3.00 bits per heavy atom. The molecule has 1 aromatic carbocycles. The van der Waals surface area contributed by atoms with E-state index in [1.54, 1.807) is 18.2 Å². The zero-order chi connectivity index (χ0) is 12.0. The summed E-state index contributed by atoms with van der Waals surface area (Å²) in [5.41, 5.74) is 1.19. The van der Waals surface area contributed by atoms with Crippen LogP contribution in [-0.2, 0) is 4.74 Å². The number of benzene rings is 1. The Morgan fingerprint density at radius 2 is 2.29 bits per heavy atom. The van der Waals surface area contributed by atoms with Crippen molar-refractivity contribution in [2.45, 2.75) is 31.7 Å². The van der Waals surface area contributed by atoms with Gasteiger partial charge in [0.25, 0.3) is 0 Å². The first-order valence-electron chi connectivity index (χ1n) is 5.76. The van der Waals surface area contributed by atoms with Crippen LogP contribution < -0.4 is 4.74 Å². The van der Waals surface area contributed by atoms with Crippen molar-refractivity contribution in [3.05, 3.63) is 29.3 Å². The van der Waals surface area contributed by atoms with Gasteiger partial charge < -0.3 is 14.6 Å². The first kappa shape index (κ1) is 10.7. The average molecular weight is 234 g/mol. The third kappa shape index (κ3) is 1.83. The minimum Gasteiger partial charge on any atom is -0.459 e. The number of epoxide rings is 1. The van der Waals surface area contributed by atoms with Gasteiger partial charge in [-0.25, -0.2) is 0 Å². The van der Waals surface area contributed by atoms with Gasteiger partial charge in [-0.15, -0.1) is 0 Å². The highest BCUT2D eigenvalue weighted by atomic mass is 16.8. The number of hydrogen-bond acceptors (Lipinski definition) is 4. The summed E-state index contributed by atoms with van der Waals surface area (Å²) in [4.78, 5) is 11.9. The van der Waals surface area contributed by atoms with Crippen molar-refractivity contribution in [1.82, 2.24) is 0 Å². The Hall–Kier alpha value is -1.39. The molecule has 1 N–H and O–H groups in total. The molecule has 4 heteroatoms. The van der Waals surface area contributed by atoms with Crippen LogP contribution in [0.1, 0.15) is 41.8 Å². The van der Waals surface area contributed by atoms with Crippen molar-refractivity contribution in [1.29, 1.82) is 0 Å². The monoisotopic (exact) mass is 234 g/mol. The van der Waals surface area contributed by atoms with Crippen LogP contribution in [0.25, 0.3) is 0 Å². The van der Waals surface area contributed by atoms with E-state index in [4.69, 9.17) is 9.47 Å². The predicted molar refractivity (Wildman–Crippen MR) is 60.0 cm³/mol. The molecule has 0 saturated carbocycles. The topological polar surface area (TPSA) is 59.1 Å². The first-order chi connectivity index (χ1) is 8.09. The molecule has 2 aliphatic rings. The highest BCUT2D eigenvalue weighted by Gasteiger charge is 2.43. The van der Waals surface area contributed by atoms with Gasteiger partial charge in [-0.05, 0) is 18.1 Å². The van der Waals surface area contributed by atoms with Crippen LogP contribution in [0, 0.1) is 0 Å². The van der Waals surface area contributed by atoms with E-state index in [1.165, 1.54) is 0 Å². The van der Waals surface area contributed by atoms with Gasteiger partial charge in [0.15, 0.2) is 5.78 Å². The molecule has 2 atom stereocenters. The summed E-state index contributed by atoms with van der Waals surface area (Å²) in [5, 5.41) is 9.88. The van der Waals surface area contributed by atoms with Crippen molar-refractivity contribution in [3.63, 3.8) is 0 Å². The molecule has 0 aromatic heterocycles. The molecule has 17 heavy (non-hydrogen) atoms. The van der Waals surface area contributed by atoms with E-state index in [-0.39, 0.29) is 5.78 Å². The number of Topliss-reactive ketones (excluding diaryl/α,β-unsaturated/α-hetero) is 1. The maximum Gasteiger partial charge on any atom is 0.231 e. The Kier molecular flexibility index (Phi) is 2.24. The second-order valence-corrected chi connectivity index (χ2v) is 4.72. The van der Waals surface area contributed by atoms with Gasteiger partial charge in [-0.3, -0.25) is 4.79 Å². The molecular formula is C13H14O4. The Labute approximate surface area is 99.2 Å². The fourth-order valence-corrected chi connectivity index (χ4v) is 2.15. The molecule has 90 valence electrons. The number of ketones is 1. The lowest BCUT2D eigenvalue weighted by Crippen LogP contribution is -2.21. The molecule has 4 nitrogen and oxygen atoms in total. The molecule has 1 heterocycles. The minimum absolute atomic E-state index is 0.0325. The number of aliphatic hydroxyl groups is 1. The summed E-state index contributed by atoms with van der Waals surface area (Å²) >= 11 is 0. The number of ether oxygens (including phenoxy) is 2. The third-order valence-electron chi connectivity index (χ3n) is 3.22. The first-order valence-corrected chi connectivity index (χ1v) is 5.76. The van der Waals surface area contributed by atoms with Gasteiger partial charge in [0.05, 0.1) is 11.7 Å². The lowest BCUT2D eigenvalue weighted by atomic mass is 9.88. The molecule has 2 unspecified atom stereocenters. The van der Waals surface area contributed by atoms with E-state index >= 15 is 0 Å². The lowest BCUT2D eigenvalue weighted by molar-refractivity contribution is 0.0737. The second-order valence-electron chi connectivity index (χ2n) is 4.72. The number of rotatable bonds is 2. The largest absolute Gasteiger partial charge is 0.459 e. The summed E-state index contributed by atoms with van der Waals surface area (Å²) < 4.78 is 10.8. The van der Waals surface area contributed by atoms with Crippen LogP contribution in [-0.4, -0.2) is 23.3 Å². The quantitative estimate of drug-likeness (QED) is 0.793. The van der Waals surface area contributed by atoms with Crippen LogP contribution in [0.15, 0.2) is 18.2 Å². The molecule has 1 aromatic rings. The van der Waals surface area contributed by atoms with Crippen molar-refractivity contribution in [3.8, 4) is 5.75 Å². The van der Waals surface area contributed by atoms with Crippen LogP contribution in [0.3, 0.4) is 0 Å². The van der Waals surface area contributed by atoms with Gasteiger partial charge in [-0.1, -0.05) is 12.1 Å². The van der Waals surface area contributed by atoms with Crippen molar-refractivity contribution in [2.24, 2.45) is 0 Å². The summed E-state index contributed by atoms with van der Waals surface area (Å²) in [6.45, 7) is 2.36. The molecule has 1 saturated heterocycles. The number of carbonyl (C=O) groups is 1. The van der Waals surface area contributed by atoms with Crippen LogP contribution in [0.4, 0.5) is 0 Å². The summed E-state index contributed by atoms with van der Waals surface area (Å²) in [6, 6.07) is 5.32. The molecule has 1 fully saturated rings. The smallest absolute Gasteiger partial charge is 0.231 e. The van der Waals surface area contributed by atoms with Gasteiger partial charge in [0.1, 0.15) is 12.4 Å². The zero-order valence-corrected chi connectivity index (χ0v) is 9.60. The standard InChI is InChI=1S/C13H14O4/c1-13(7-16-13)17-11-4-2-3-8-9(14)5-6-10(15)12(8)11/h2-4,9,14H,5-7H2,1H3. The third-order valence-corrected chi connectivity index (χ3v) is 3.22. The SMILES string of the molecule is CC1(Oc2cccc3c2C(=O)CCC3O)CO1. The van der Waals surface area contributed by atoms with Crippen molar-refractivity contribution < 1.29 is 19.4 Å². The van der Waals surface area contributed by atoms with Gasteiger partial charge in [-0.2, -0.15) is 0 Å². The minimum atomic E-state index is -0.599. The van der Waals surface area contributed by atoms with Crippen molar-refractivity contribution in [2.75, 3.05) is 6.61 Å². The molecular weight excluding hydrogens is 220 g/mol. The normalized spacial score (nSPS) is 30.9. The molecule has 1 aliphatic carbocycles. The Bertz CT molecular complexity index is 476. The summed E-state index contributed by atoms with van der Waals surface area (Å²) in [5.74, 6) is -0.0472. The molecule has 0 bridgehead atoms. The van der Waals surface area contributed by atoms with Crippen molar-refractivity contribution >= 4 is 5.78 Å². The zero-order valence-electron chi connectivity index (χ0n) is 9.60. The lowest BCUT2D eigenvalue weighted by Gasteiger charge is -2.23. The van der Waals surface area contributed by atoms with E-state index in [0.29, 0.717) is 36.3 Å². The number of fused-ring (bicyclic) bond motifs is 1. The molecule has 3 rings (SSSR count). The van der Waals surface area contributed by atoms with E-state index in [9.17, 15) is 9.90 Å². The van der Waals surface area contributed by atoms with Crippen LogP contribution in [0.2, 0.25) is 0 Å².